The Labute approximate surface area is 89.0 Å². The predicted molar refractivity (Wildman–Crippen MR) is 62.4 cm³/mol. The number of nitrogens with one attached hydrogen (secondary N) is 1. The lowest BCUT2D eigenvalue weighted by Crippen LogP contribution is -2.02. The lowest BCUT2D eigenvalue weighted by molar-refractivity contribution is 1.05. The minimum atomic E-state index is 0.558. The highest BCUT2D eigenvalue weighted by atomic mass is 14.9. The van der Waals surface area contributed by atoms with E-state index in [-0.39, 0.29) is 0 Å². The van der Waals surface area contributed by atoms with E-state index in [0.29, 0.717) is 12.4 Å². The summed E-state index contributed by atoms with van der Waals surface area (Å²) in [5.74, 6) is 0.558. The van der Waals surface area contributed by atoms with Crippen molar-refractivity contribution in [1.82, 2.24) is 4.98 Å². The van der Waals surface area contributed by atoms with Crippen LogP contribution in [0.4, 0.5) is 11.5 Å². The summed E-state index contributed by atoms with van der Waals surface area (Å²) in [7, 11) is 0. The number of anilines is 2. The minimum Gasteiger partial charge on any atom is -0.384 e. The van der Waals surface area contributed by atoms with Gasteiger partial charge in [-0.15, -0.1) is 0 Å². The molecule has 0 fully saturated rings. The molecule has 3 nitrogen and oxygen atoms in total. The van der Waals surface area contributed by atoms with Gasteiger partial charge in [-0.05, 0) is 24.3 Å². The molecule has 0 aliphatic rings. The number of nitrogens with two attached hydrogens (primary N) is 1. The Hall–Kier alpha value is -2.03. The molecule has 2 rings (SSSR count). The minimum absolute atomic E-state index is 0.558. The van der Waals surface area contributed by atoms with Crippen LogP contribution >= 0.6 is 0 Å². The second-order valence-corrected chi connectivity index (χ2v) is 3.27. The second kappa shape index (κ2) is 4.46. The van der Waals surface area contributed by atoms with E-state index in [4.69, 9.17) is 5.73 Å². The Bertz CT molecular complexity index is 426. The van der Waals surface area contributed by atoms with Crippen LogP contribution in [0, 0.1) is 0 Å². The number of nitrogen functional groups attached to an aromatic ring is 1. The summed E-state index contributed by atoms with van der Waals surface area (Å²) in [6.45, 7) is 0.690. The summed E-state index contributed by atoms with van der Waals surface area (Å²) in [5.41, 5.74) is 7.62. The molecule has 0 aliphatic heterocycles. The maximum Gasteiger partial charge on any atom is 0.123 e. The standard InChI is InChI=1S/C12H13N3/c13-12-8-4-7-11(15-12)9-14-10-5-2-1-3-6-10/h1-8,14H,9H2,(H2,13,15). The first-order valence-corrected chi connectivity index (χ1v) is 4.85. The molecule has 3 N–H and O–H groups in total. The first-order chi connectivity index (χ1) is 7.34. The molecule has 0 spiro atoms. The Kier molecular flexibility index (Phi) is 2.83. The molecule has 0 saturated heterocycles. The van der Waals surface area contributed by atoms with Gasteiger partial charge in [0.25, 0.3) is 0 Å². The zero-order valence-corrected chi connectivity index (χ0v) is 8.35. The summed E-state index contributed by atoms with van der Waals surface area (Å²) < 4.78 is 0. The van der Waals surface area contributed by atoms with E-state index < -0.39 is 0 Å². The molecule has 15 heavy (non-hydrogen) atoms. The van der Waals surface area contributed by atoms with Crippen LogP contribution < -0.4 is 11.1 Å². The molecule has 76 valence electrons. The van der Waals surface area contributed by atoms with Crippen LogP contribution in [0.5, 0.6) is 0 Å². The van der Waals surface area contributed by atoms with Crippen LogP contribution in [0.1, 0.15) is 5.69 Å². The van der Waals surface area contributed by atoms with Crippen molar-refractivity contribution in [3.63, 3.8) is 0 Å². The van der Waals surface area contributed by atoms with Gasteiger partial charge in [-0.2, -0.15) is 0 Å². The maximum atomic E-state index is 5.59. The van der Waals surface area contributed by atoms with Crippen LogP contribution in [0.25, 0.3) is 0 Å². The van der Waals surface area contributed by atoms with Crippen LogP contribution in [0.3, 0.4) is 0 Å². The van der Waals surface area contributed by atoms with E-state index in [1.54, 1.807) is 6.07 Å². The quantitative estimate of drug-likeness (QED) is 0.797. The largest absolute Gasteiger partial charge is 0.384 e. The van der Waals surface area contributed by atoms with E-state index in [2.05, 4.69) is 10.3 Å². The molecule has 0 amide bonds. The third-order valence-electron chi connectivity index (χ3n) is 2.08. The fraction of sp³-hybridized carbons (Fsp3) is 0.0833. The van der Waals surface area contributed by atoms with E-state index in [1.807, 2.05) is 42.5 Å². The monoisotopic (exact) mass is 199 g/mol. The first-order valence-electron chi connectivity index (χ1n) is 4.85. The van der Waals surface area contributed by atoms with Gasteiger partial charge in [0.1, 0.15) is 5.82 Å². The van der Waals surface area contributed by atoms with Crippen molar-refractivity contribution in [2.45, 2.75) is 6.54 Å². The number of pyridine rings is 1. The van der Waals surface area contributed by atoms with Gasteiger partial charge in [0.05, 0.1) is 12.2 Å². The van der Waals surface area contributed by atoms with E-state index >= 15 is 0 Å². The molecule has 0 aliphatic carbocycles. The molecule has 1 heterocycles. The van der Waals surface area contributed by atoms with Gasteiger partial charge in [-0.25, -0.2) is 4.98 Å². The third-order valence-corrected chi connectivity index (χ3v) is 2.08. The Balaban J connectivity index is 1.99. The normalized spacial score (nSPS) is 9.87. The number of aromatic nitrogens is 1. The van der Waals surface area contributed by atoms with Crippen LogP contribution in [-0.2, 0) is 6.54 Å². The number of rotatable bonds is 3. The summed E-state index contributed by atoms with van der Waals surface area (Å²) in [6.07, 6.45) is 0. The molecule has 0 radical (unpaired) electrons. The van der Waals surface area contributed by atoms with Crippen LogP contribution in [-0.4, -0.2) is 4.98 Å². The number of benzene rings is 1. The molecule has 1 aromatic carbocycles. The molecule has 3 heteroatoms. The first kappa shape index (κ1) is 9.52. The second-order valence-electron chi connectivity index (χ2n) is 3.27. The highest BCUT2D eigenvalue weighted by Crippen LogP contribution is 2.07. The molecule has 2 aromatic rings. The van der Waals surface area contributed by atoms with Gasteiger partial charge >= 0.3 is 0 Å². The molecule has 0 bridgehead atoms. The Morgan fingerprint density at radius 3 is 2.53 bits per heavy atom. The van der Waals surface area contributed by atoms with Crippen molar-refractivity contribution in [2.24, 2.45) is 0 Å². The van der Waals surface area contributed by atoms with Gasteiger partial charge in [-0.1, -0.05) is 24.3 Å². The fourth-order valence-corrected chi connectivity index (χ4v) is 1.35. The van der Waals surface area contributed by atoms with Gasteiger partial charge in [-0.3, -0.25) is 0 Å². The van der Waals surface area contributed by atoms with E-state index in [9.17, 15) is 0 Å². The van der Waals surface area contributed by atoms with Crippen molar-refractivity contribution < 1.29 is 0 Å². The number of para-hydroxylation sites is 1. The van der Waals surface area contributed by atoms with E-state index in [1.165, 1.54) is 0 Å². The molecule has 0 atom stereocenters. The lowest BCUT2D eigenvalue weighted by Gasteiger charge is -2.05. The molecule has 0 unspecified atom stereocenters. The van der Waals surface area contributed by atoms with Gasteiger partial charge in [0.15, 0.2) is 0 Å². The highest BCUT2D eigenvalue weighted by molar-refractivity contribution is 5.43. The van der Waals surface area contributed by atoms with Gasteiger partial charge in [0.2, 0.25) is 0 Å². The summed E-state index contributed by atoms with van der Waals surface area (Å²) in [5, 5.41) is 3.27. The highest BCUT2D eigenvalue weighted by Gasteiger charge is 1.94. The average molecular weight is 199 g/mol. The smallest absolute Gasteiger partial charge is 0.123 e. The lowest BCUT2D eigenvalue weighted by atomic mass is 10.3. The molecule has 1 aromatic heterocycles. The van der Waals surface area contributed by atoms with E-state index in [0.717, 1.165) is 11.4 Å². The Morgan fingerprint density at radius 1 is 1.00 bits per heavy atom. The summed E-state index contributed by atoms with van der Waals surface area (Å²) in [6, 6.07) is 15.7. The third kappa shape index (κ3) is 2.71. The van der Waals surface area contributed by atoms with Crippen LogP contribution in [0.15, 0.2) is 48.5 Å². The van der Waals surface area contributed by atoms with Crippen molar-refractivity contribution in [2.75, 3.05) is 11.1 Å². The topological polar surface area (TPSA) is 50.9 Å². The zero-order chi connectivity index (χ0) is 10.5. The Morgan fingerprint density at radius 2 is 1.80 bits per heavy atom. The van der Waals surface area contributed by atoms with Crippen LogP contribution in [0.2, 0.25) is 0 Å². The van der Waals surface area contributed by atoms with Crippen molar-refractivity contribution in [1.29, 1.82) is 0 Å². The zero-order valence-electron chi connectivity index (χ0n) is 8.35. The van der Waals surface area contributed by atoms with Crippen molar-refractivity contribution in [3.8, 4) is 0 Å². The number of hydrogen-bond acceptors (Lipinski definition) is 3. The molecular formula is C12H13N3. The number of hydrogen-bond donors (Lipinski definition) is 2. The van der Waals surface area contributed by atoms with Crippen molar-refractivity contribution >= 4 is 11.5 Å². The van der Waals surface area contributed by atoms with Gasteiger partial charge < -0.3 is 11.1 Å². The van der Waals surface area contributed by atoms with Crippen molar-refractivity contribution in [3.05, 3.63) is 54.2 Å². The molecule has 0 saturated carbocycles. The van der Waals surface area contributed by atoms with Gasteiger partial charge in [0, 0.05) is 5.69 Å². The fourth-order valence-electron chi connectivity index (χ4n) is 1.35. The maximum absolute atomic E-state index is 5.59. The summed E-state index contributed by atoms with van der Waals surface area (Å²) in [4.78, 5) is 4.20. The summed E-state index contributed by atoms with van der Waals surface area (Å²) >= 11 is 0. The predicted octanol–water partition coefficient (Wildman–Crippen LogP) is 2.28. The molecular weight excluding hydrogens is 186 g/mol. The SMILES string of the molecule is Nc1cccc(CNc2ccccc2)n1. The average Bonchev–Trinajstić information content (AvgIpc) is 2.28. The number of nitrogens with zero attached hydrogens (tertiary/aromatic N) is 1.